The maximum absolute atomic E-state index is 12.2. The Bertz CT molecular complexity index is 893. The number of hydrogen-bond donors (Lipinski definition) is 2. The zero-order valence-corrected chi connectivity index (χ0v) is 13.3. The minimum atomic E-state index is -0.0781. The number of fused-ring (bicyclic) bond motifs is 1. The maximum Gasteiger partial charge on any atom is 0.260 e. The predicted octanol–water partition coefficient (Wildman–Crippen LogP) is 2.26. The second kappa shape index (κ2) is 6.31. The van der Waals surface area contributed by atoms with E-state index in [9.17, 15) is 4.79 Å². The normalized spacial score (nSPS) is 17.3. The van der Waals surface area contributed by atoms with E-state index in [-0.39, 0.29) is 5.56 Å². The van der Waals surface area contributed by atoms with Gasteiger partial charge < -0.3 is 10.2 Å². The van der Waals surface area contributed by atoms with Crippen LogP contribution in [0.2, 0.25) is 0 Å². The smallest absolute Gasteiger partial charge is 0.260 e. The van der Waals surface area contributed by atoms with E-state index in [0.29, 0.717) is 17.3 Å². The van der Waals surface area contributed by atoms with Crippen molar-refractivity contribution >= 4 is 22.7 Å². The first-order valence-corrected chi connectivity index (χ1v) is 8.18. The van der Waals surface area contributed by atoms with Gasteiger partial charge in [0.1, 0.15) is 5.82 Å². The van der Waals surface area contributed by atoms with Gasteiger partial charge in [0.15, 0.2) is 0 Å². The summed E-state index contributed by atoms with van der Waals surface area (Å²) in [6.45, 7) is 2.64. The highest BCUT2D eigenvalue weighted by molar-refractivity contribution is 5.78. The van der Waals surface area contributed by atoms with Gasteiger partial charge in [-0.05, 0) is 36.6 Å². The van der Waals surface area contributed by atoms with Crippen molar-refractivity contribution in [3.05, 3.63) is 59.0 Å². The van der Waals surface area contributed by atoms with E-state index >= 15 is 0 Å². The average Bonchev–Trinajstić information content (AvgIpc) is 3.10. The van der Waals surface area contributed by atoms with Crippen molar-refractivity contribution in [2.24, 2.45) is 5.92 Å². The molecule has 0 aliphatic carbocycles. The summed E-state index contributed by atoms with van der Waals surface area (Å²) in [5.74, 6) is 2.07. The molecule has 2 aromatic heterocycles. The maximum atomic E-state index is 12.2. The van der Waals surface area contributed by atoms with Crippen molar-refractivity contribution in [3.63, 3.8) is 0 Å². The van der Waals surface area contributed by atoms with Crippen LogP contribution in [0.25, 0.3) is 10.9 Å². The summed E-state index contributed by atoms with van der Waals surface area (Å²) in [6.07, 6.45) is 2.85. The number of pyridine rings is 1. The molecule has 1 atom stereocenters. The lowest BCUT2D eigenvalue weighted by Gasteiger charge is -2.17. The van der Waals surface area contributed by atoms with Crippen LogP contribution in [0.5, 0.6) is 0 Å². The molecule has 1 unspecified atom stereocenters. The molecule has 0 saturated carbocycles. The van der Waals surface area contributed by atoms with Crippen LogP contribution in [-0.2, 0) is 0 Å². The molecule has 3 heterocycles. The monoisotopic (exact) mass is 321 g/mol. The Kier molecular flexibility index (Phi) is 3.86. The molecule has 1 saturated heterocycles. The number of hydrogen-bond acceptors (Lipinski definition) is 5. The highest BCUT2D eigenvalue weighted by atomic mass is 16.1. The predicted molar refractivity (Wildman–Crippen MR) is 95.4 cm³/mol. The van der Waals surface area contributed by atoms with Crippen LogP contribution in [0.1, 0.15) is 6.42 Å². The van der Waals surface area contributed by atoms with Crippen molar-refractivity contribution in [2.45, 2.75) is 6.42 Å². The highest BCUT2D eigenvalue weighted by Gasteiger charge is 2.24. The minimum absolute atomic E-state index is 0.0781. The first-order valence-electron chi connectivity index (χ1n) is 8.18. The second-order valence-corrected chi connectivity index (χ2v) is 6.10. The summed E-state index contributed by atoms with van der Waals surface area (Å²) in [7, 11) is 0. The molecule has 0 spiro atoms. The molecule has 6 nitrogen and oxygen atoms in total. The zero-order chi connectivity index (χ0) is 16.4. The Morgan fingerprint density at radius 3 is 2.96 bits per heavy atom. The Morgan fingerprint density at radius 1 is 1.21 bits per heavy atom. The molecule has 0 radical (unpaired) electrons. The van der Waals surface area contributed by atoms with Crippen LogP contribution in [0.4, 0.5) is 11.8 Å². The summed E-state index contributed by atoms with van der Waals surface area (Å²) < 4.78 is 0. The molecule has 2 N–H and O–H groups in total. The molecule has 1 fully saturated rings. The third kappa shape index (κ3) is 2.95. The van der Waals surface area contributed by atoms with Gasteiger partial charge in [-0.1, -0.05) is 18.2 Å². The molecule has 0 bridgehead atoms. The summed E-state index contributed by atoms with van der Waals surface area (Å²) in [6, 6.07) is 13.3. The second-order valence-electron chi connectivity index (χ2n) is 6.10. The van der Waals surface area contributed by atoms with Crippen LogP contribution in [0.3, 0.4) is 0 Å². The van der Waals surface area contributed by atoms with Gasteiger partial charge in [-0.3, -0.25) is 9.78 Å². The molecule has 1 aliphatic heterocycles. The topological polar surface area (TPSA) is 73.9 Å². The lowest BCUT2D eigenvalue weighted by molar-refractivity contribution is 0.620. The van der Waals surface area contributed by atoms with Crippen LogP contribution >= 0.6 is 0 Å². The van der Waals surface area contributed by atoms with E-state index in [2.05, 4.69) is 25.2 Å². The zero-order valence-electron chi connectivity index (χ0n) is 13.3. The van der Waals surface area contributed by atoms with E-state index < -0.39 is 0 Å². The fourth-order valence-electron chi connectivity index (χ4n) is 3.13. The molecule has 3 aromatic rings. The van der Waals surface area contributed by atoms with Gasteiger partial charge in [-0.15, -0.1) is 0 Å². The molecule has 122 valence electrons. The van der Waals surface area contributed by atoms with E-state index in [0.717, 1.165) is 37.4 Å². The number of aromatic amines is 1. The Balaban J connectivity index is 1.46. The SMILES string of the molecule is O=c1[nH]c(N2CCC(CNc3ccccn3)C2)nc2ccccc12. The Morgan fingerprint density at radius 2 is 2.08 bits per heavy atom. The largest absolute Gasteiger partial charge is 0.370 e. The number of para-hydroxylation sites is 1. The number of aromatic nitrogens is 3. The van der Waals surface area contributed by atoms with Crippen molar-refractivity contribution < 1.29 is 0 Å². The molecular formula is C18H19N5O. The number of rotatable bonds is 4. The van der Waals surface area contributed by atoms with Crippen molar-refractivity contribution in [3.8, 4) is 0 Å². The van der Waals surface area contributed by atoms with Gasteiger partial charge in [0.25, 0.3) is 5.56 Å². The van der Waals surface area contributed by atoms with Crippen molar-refractivity contribution in [1.29, 1.82) is 0 Å². The minimum Gasteiger partial charge on any atom is -0.370 e. The van der Waals surface area contributed by atoms with E-state index in [1.165, 1.54) is 0 Å². The summed E-state index contributed by atoms with van der Waals surface area (Å²) in [5.41, 5.74) is 0.664. The summed E-state index contributed by atoms with van der Waals surface area (Å²) >= 11 is 0. The lowest BCUT2D eigenvalue weighted by atomic mass is 10.1. The lowest BCUT2D eigenvalue weighted by Crippen LogP contribution is -2.26. The first kappa shape index (κ1) is 14.7. The van der Waals surface area contributed by atoms with Gasteiger partial charge >= 0.3 is 0 Å². The number of nitrogens with zero attached hydrogens (tertiary/aromatic N) is 3. The number of nitrogens with one attached hydrogen (secondary N) is 2. The molecule has 6 heteroatoms. The first-order chi connectivity index (χ1) is 11.8. The summed E-state index contributed by atoms with van der Waals surface area (Å²) in [5, 5.41) is 4.00. The Hall–Kier alpha value is -2.89. The fraction of sp³-hybridized carbons (Fsp3) is 0.278. The van der Waals surface area contributed by atoms with Gasteiger partial charge in [-0.25, -0.2) is 9.97 Å². The molecule has 4 rings (SSSR count). The fourth-order valence-corrected chi connectivity index (χ4v) is 3.13. The van der Waals surface area contributed by atoms with E-state index in [4.69, 9.17) is 0 Å². The van der Waals surface area contributed by atoms with Crippen LogP contribution < -0.4 is 15.8 Å². The van der Waals surface area contributed by atoms with Crippen molar-refractivity contribution in [2.75, 3.05) is 29.9 Å². The number of benzene rings is 1. The quantitative estimate of drug-likeness (QED) is 0.771. The van der Waals surface area contributed by atoms with E-state index in [1.807, 2.05) is 36.4 Å². The standard InChI is InChI=1S/C18H19N5O/c24-17-14-5-1-2-6-15(14)21-18(22-17)23-10-8-13(12-23)11-20-16-7-3-4-9-19-16/h1-7,9,13H,8,10-12H2,(H,19,20)(H,21,22,24). The van der Waals surface area contributed by atoms with Gasteiger partial charge in [0.05, 0.1) is 10.9 Å². The van der Waals surface area contributed by atoms with Gasteiger partial charge in [0, 0.05) is 25.8 Å². The van der Waals surface area contributed by atoms with Crippen LogP contribution in [0, 0.1) is 5.92 Å². The third-order valence-corrected chi connectivity index (χ3v) is 4.42. The number of H-pyrrole nitrogens is 1. The number of anilines is 2. The molecular weight excluding hydrogens is 302 g/mol. The van der Waals surface area contributed by atoms with Crippen LogP contribution in [0.15, 0.2) is 53.5 Å². The molecule has 1 aliphatic rings. The summed E-state index contributed by atoms with van der Waals surface area (Å²) in [4.78, 5) is 26.2. The van der Waals surface area contributed by atoms with Crippen molar-refractivity contribution in [1.82, 2.24) is 15.0 Å². The van der Waals surface area contributed by atoms with Crippen LogP contribution in [-0.4, -0.2) is 34.6 Å². The third-order valence-electron chi connectivity index (χ3n) is 4.42. The Labute approximate surface area is 139 Å². The average molecular weight is 321 g/mol. The molecule has 0 amide bonds. The molecule has 1 aromatic carbocycles. The van der Waals surface area contributed by atoms with Gasteiger partial charge in [-0.2, -0.15) is 0 Å². The molecule has 24 heavy (non-hydrogen) atoms. The van der Waals surface area contributed by atoms with Gasteiger partial charge in [0.2, 0.25) is 5.95 Å². The van der Waals surface area contributed by atoms with E-state index in [1.54, 1.807) is 12.3 Å². The highest BCUT2D eigenvalue weighted by Crippen LogP contribution is 2.21.